The number of carboxylic acids is 1. The fourth-order valence-corrected chi connectivity index (χ4v) is 1.57. The number of nitrogens with one attached hydrogen (secondary N) is 1. The Morgan fingerprint density at radius 1 is 1.62 bits per heavy atom. The summed E-state index contributed by atoms with van der Waals surface area (Å²) >= 11 is 1.54. The van der Waals surface area contributed by atoms with Gasteiger partial charge in [-0.3, -0.25) is 4.79 Å². The van der Waals surface area contributed by atoms with Crippen LogP contribution >= 0.6 is 11.3 Å². The molecule has 5 nitrogen and oxygen atoms in total. The molecule has 0 aliphatic rings. The largest absolute Gasteiger partial charge is 0.479 e. The lowest BCUT2D eigenvalue weighted by Crippen LogP contribution is -2.30. The molecule has 0 aromatic carbocycles. The fraction of sp³-hybridized carbons (Fsp3) is 0.400. The lowest BCUT2D eigenvalue weighted by molar-refractivity contribution is -0.150. The number of carbonyl (C=O) groups excluding carboxylic acids is 1. The van der Waals surface area contributed by atoms with Crippen molar-refractivity contribution in [1.82, 2.24) is 5.32 Å². The minimum absolute atomic E-state index is 0.237. The van der Waals surface area contributed by atoms with Crippen LogP contribution in [0.25, 0.3) is 0 Å². The van der Waals surface area contributed by atoms with E-state index in [1.807, 2.05) is 17.5 Å². The van der Waals surface area contributed by atoms with Gasteiger partial charge in [0.1, 0.15) is 6.61 Å². The summed E-state index contributed by atoms with van der Waals surface area (Å²) in [5.41, 5.74) is 0. The quantitative estimate of drug-likeness (QED) is 0.776. The van der Waals surface area contributed by atoms with Gasteiger partial charge in [-0.05, 0) is 18.4 Å². The molecule has 6 heteroatoms. The second kappa shape index (κ2) is 6.24. The summed E-state index contributed by atoms with van der Waals surface area (Å²) in [6.45, 7) is 1.59. The highest BCUT2D eigenvalue weighted by molar-refractivity contribution is 7.09. The minimum Gasteiger partial charge on any atom is -0.479 e. The zero-order chi connectivity index (χ0) is 12.0. The van der Waals surface area contributed by atoms with Gasteiger partial charge in [0.25, 0.3) is 0 Å². The summed E-state index contributed by atoms with van der Waals surface area (Å²) in [4.78, 5) is 22.7. The summed E-state index contributed by atoms with van der Waals surface area (Å²) in [6, 6.07) is 3.81. The lowest BCUT2D eigenvalue weighted by Gasteiger charge is -2.08. The number of aliphatic carboxylic acids is 1. The van der Waals surface area contributed by atoms with E-state index in [2.05, 4.69) is 5.32 Å². The molecule has 1 aromatic heterocycles. The molecule has 1 amide bonds. The van der Waals surface area contributed by atoms with Gasteiger partial charge in [-0.1, -0.05) is 6.07 Å². The van der Waals surface area contributed by atoms with Crippen molar-refractivity contribution >= 4 is 23.2 Å². The predicted octanol–water partition coefficient (Wildman–Crippen LogP) is 0.854. The van der Waals surface area contributed by atoms with Crippen molar-refractivity contribution in [2.75, 3.05) is 6.61 Å². The average molecular weight is 243 g/mol. The van der Waals surface area contributed by atoms with Crippen molar-refractivity contribution in [2.24, 2.45) is 0 Å². The van der Waals surface area contributed by atoms with Crippen LogP contribution in [0.1, 0.15) is 11.8 Å². The van der Waals surface area contributed by atoms with Crippen LogP contribution in [0.2, 0.25) is 0 Å². The highest BCUT2D eigenvalue weighted by atomic mass is 32.1. The molecule has 0 spiro atoms. The topological polar surface area (TPSA) is 75.6 Å². The maximum Gasteiger partial charge on any atom is 0.332 e. The summed E-state index contributed by atoms with van der Waals surface area (Å²) < 4.78 is 4.83. The lowest BCUT2D eigenvalue weighted by atomic mass is 10.4. The first kappa shape index (κ1) is 12.7. The molecule has 0 radical (unpaired) electrons. The molecule has 1 rings (SSSR count). The molecular formula is C10H13NO4S. The van der Waals surface area contributed by atoms with Gasteiger partial charge in [0.15, 0.2) is 6.10 Å². The molecule has 0 saturated heterocycles. The third kappa shape index (κ3) is 4.41. The van der Waals surface area contributed by atoms with Gasteiger partial charge >= 0.3 is 5.97 Å². The molecule has 0 fully saturated rings. The first-order chi connectivity index (χ1) is 7.59. The Morgan fingerprint density at radius 3 is 2.94 bits per heavy atom. The normalized spacial score (nSPS) is 12.1. The van der Waals surface area contributed by atoms with E-state index in [1.54, 1.807) is 11.3 Å². The van der Waals surface area contributed by atoms with E-state index in [-0.39, 0.29) is 12.5 Å². The molecule has 88 valence electrons. The zero-order valence-corrected chi connectivity index (χ0v) is 9.62. The maximum absolute atomic E-state index is 11.2. The molecule has 0 unspecified atom stereocenters. The van der Waals surface area contributed by atoms with Gasteiger partial charge in [0.2, 0.25) is 5.91 Å². The van der Waals surface area contributed by atoms with E-state index in [1.165, 1.54) is 6.92 Å². The predicted molar refractivity (Wildman–Crippen MR) is 59.2 cm³/mol. The highest BCUT2D eigenvalue weighted by Gasteiger charge is 2.12. The van der Waals surface area contributed by atoms with Gasteiger partial charge in [0.05, 0.1) is 6.54 Å². The molecule has 0 aliphatic heterocycles. The molecule has 1 heterocycles. The summed E-state index contributed by atoms with van der Waals surface area (Å²) in [5.74, 6) is -1.40. The third-order valence-corrected chi connectivity index (χ3v) is 2.73. The SMILES string of the molecule is C[C@H](OCC(=O)NCc1cccs1)C(=O)O. The van der Waals surface area contributed by atoms with Gasteiger partial charge in [-0.15, -0.1) is 11.3 Å². The van der Waals surface area contributed by atoms with Crippen molar-refractivity contribution in [1.29, 1.82) is 0 Å². The number of ether oxygens (including phenoxy) is 1. The maximum atomic E-state index is 11.2. The van der Waals surface area contributed by atoms with Crippen LogP contribution in [0.3, 0.4) is 0 Å². The number of thiophene rings is 1. The Hall–Kier alpha value is -1.40. The summed E-state index contributed by atoms with van der Waals surface area (Å²) in [5, 5.41) is 13.1. The highest BCUT2D eigenvalue weighted by Crippen LogP contribution is 2.07. The number of hydrogen-bond donors (Lipinski definition) is 2. The van der Waals surface area contributed by atoms with E-state index < -0.39 is 12.1 Å². The molecule has 1 atom stereocenters. The Balaban J connectivity index is 2.19. The molecule has 0 bridgehead atoms. The molecule has 0 saturated carbocycles. The standard InChI is InChI=1S/C10H13NO4S/c1-7(10(13)14)15-6-9(12)11-5-8-3-2-4-16-8/h2-4,7H,5-6H2,1H3,(H,11,12)(H,13,14)/t7-/m0/s1. The van der Waals surface area contributed by atoms with Crippen LogP contribution < -0.4 is 5.32 Å². The van der Waals surface area contributed by atoms with Gasteiger partial charge in [-0.25, -0.2) is 4.79 Å². The number of hydrogen-bond acceptors (Lipinski definition) is 4. The van der Waals surface area contributed by atoms with Crippen molar-refractivity contribution in [2.45, 2.75) is 19.6 Å². The number of carboxylic acid groups (broad SMARTS) is 1. The van der Waals surface area contributed by atoms with Crippen molar-refractivity contribution in [3.05, 3.63) is 22.4 Å². The van der Waals surface area contributed by atoms with E-state index in [0.717, 1.165) is 4.88 Å². The van der Waals surface area contributed by atoms with E-state index >= 15 is 0 Å². The first-order valence-corrected chi connectivity index (χ1v) is 5.61. The average Bonchev–Trinajstić information content (AvgIpc) is 2.75. The fourth-order valence-electron chi connectivity index (χ4n) is 0.922. The second-order valence-corrected chi connectivity index (χ2v) is 4.18. The van der Waals surface area contributed by atoms with Gasteiger partial charge < -0.3 is 15.2 Å². The van der Waals surface area contributed by atoms with E-state index in [4.69, 9.17) is 9.84 Å². The van der Waals surface area contributed by atoms with Crippen LogP contribution in [0.5, 0.6) is 0 Å². The first-order valence-electron chi connectivity index (χ1n) is 4.73. The molecule has 16 heavy (non-hydrogen) atoms. The Kier molecular flexibility index (Phi) is 4.94. The third-order valence-electron chi connectivity index (χ3n) is 1.85. The number of carbonyl (C=O) groups is 2. The molecular weight excluding hydrogens is 230 g/mol. The van der Waals surface area contributed by atoms with Gasteiger partial charge in [-0.2, -0.15) is 0 Å². The minimum atomic E-state index is -1.08. The Bertz CT molecular complexity index is 350. The number of rotatable bonds is 6. The van der Waals surface area contributed by atoms with E-state index in [9.17, 15) is 9.59 Å². The summed E-state index contributed by atoms with van der Waals surface area (Å²) in [7, 11) is 0. The Morgan fingerprint density at radius 2 is 2.38 bits per heavy atom. The second-order valence-electron chi connectivity index (χ2n) is 3.15. The van der Waals surface area contributed by atoms with Crippen molar-refractivity contribution < 1.29 is 19.4 Å². The Labute approximate surface area is 97.0 Å². The zero-order valence-electron chi connectivity index (χ0n) is 8.80. The molecule has 0 aliphatic carbocycles. The molecule has 2 N–H and O–H groups in total. The monoisotopic (exact) mass is 243 g/mol. The van der Waals surface area contributed by atoms with Crippen LogP contribution in [0, 0.1) is 0 Å². The van der Waals surface area contributed by atoms with Crippen LogP contribution in [0.4, 0.5) is 0 Å². The number of amides is 1. The van der Waals surface area contributed by atoms with Crippen LogP contribution in [0.15, 0.2) is 17.5 Å². The van der Waals surface area contributed by atoms with Crippen molar-refractivity contribution in [3.63, 3.8) is 0 Å². The smallest absolute Gasteiger partial charge is 0.332 e. The van der Waals surface area contributed by atoms with E-state index in [0.29, 0.717) is 6.54 Å². The van der Waals surface area contributed by atoms with Crippen LogP contribution in [-0.4, -0.2) is 29.7 Å². The summed E-state index contributed by atoms with van der Waals surface area (Å²) in [6.07, 6.45) is -0.965. The van der Waals surface area contributed by atoms with Crippen molar-refractivity contribution in [3.8, 4) is 0 Å². The molecule has 1 aromatic rings. The van der Waals surface area contributed by atoms with Gasteiger partial charge in [0, 0.05) is 4.88 Å². The van der Waals surface area contributed by atoms with Crippen LogP contribution in [-0.2, 0) is 20.9 Å².